The van der Waals surface area contributed by atoms with Gasteiger partial charge in [0, 0.05) is 55.6 Å². The zero-order valence-corrected chi connectivity index (χ0v) is 15.4. The summed E-state index contributed by atoms with van der Waals surface area (Å²) in [6.07, 6.45) is 4.59. The van der Waals surface area contributed by atoms with E-state index >= 15 is 0 Å². The van der Waals surface area contributed by atoms with Crippen molar-refractivity contribution in [3.8, 4) is 0 Å². The van der Waals surface area contributed by atoms with E-state index in [0.29, 0.717) is 24.0 Å². The van der Waals surface area contributed by atoms with Crippen molar-refractivity contribution in [2.45, 2.75) is 39.3 Å². The zero-order valence-electron chi connectivity index (χ0n) is 15.4. The summed E-state index contributed by atoms with van der Waals surface area (Å²) in [5.74, 6) is 2.43. The molecule has 0 bridgehead atoms. The van der Waals surface area contributed by atoms with E-state index in [1.807, 2.05) is 12.4 Å². The molecule has 3 heterocycles. The molecule has 2 aromatic heterocycles. The van der Waals surface area contributed by atoms with Crippen LogP contribution in [0, 0.1) is 5.82 Å². The number of fused-ring (bicyclic) bond motifs is 1. The molecule has 1 aliphatic heterocycles. The molecule has 0 saturated carbocycles. The monoisotopic (exact) mass is 367 g/mol. The lowest BCUT2D eigenvalue weighted by Crippen LogP contribution is -2.29. The zero-order chi connectivity index (χ0) is 18.8. The van der Waals surface area contributed by atoms with E-state index in [0.717, 1.165) is 42.2 Å². The van der Waals surface area contributed by atoms with Crippen LogP contribution in [-0.2, 0) is 19.5 Å². The molecule has 0 aliphatic carbocycles. The first kappa shape index (κ1) is 17.6. The van der Waals surface area contributed by atoms with Gasteiger partial charge in [0.2, 0.25) is 0 Å². The van der Waals surface area contributed by atoms with Crippen molar-refractivity contribution in [1.29, 1.82) is 0 Å². The Kier molecular flexibility index (Phi) is 4.85. The molecule has 0 spiro atoms. The molecule has 0 saturated heterocycles. The number of halogens is 1. The first-order valence-electron chi connectivity index (χ1n) is 9.11. The first-order chi connectivity index (χ1) is 13.1. The quantitative estimate of drug-likeness (QED) is 0.734. The summed E-state index contributed by atoms with van der Waals surface area (Å²) in [7, 11) is 0. The minimum atomic E-state index is -0.288. The van der Waals surface area contributed by atoms with Crippen LogP contribution >= 0.6 is 0 Å². The lowest BCUT2D eigenvalue weighted by atomic mass is 10.1. The van der Waals surface area contributed by atoms with Crippen LogP contribution < -0.4 is 5.32 Å². The van der Waals surface area contributed by atoms with Gasteiger partial charge in [-0.3, -0.25) is 4.90 Å². The van der Waals surface area contributed by atoms with Crippen molar-refractivity contribution < 1.29 is 8.91 Å². The predicted molar refractivity (Wildman–Crippen MR) is 100 cm³/mol. The molecule has 7 heteroatoms. The Morgan fingerprint density at radius 2 is 2.07 bits per heavy atom. The van der Waals surface area contributed by atoms with Gasteiger partial charge in [0.25, 0.3) is 0 Å². The van der Waals surface area contributed by atoms with E-state index in [2.05, 4.69) is 39.2 Å². The number of nitrogens with one attached hydrogen (secondary N) is 1. The Labute approximate surface area is 157 Å². The van der Waals surface area contributed by atoms with Gasteiger partial charge >= 0.3 is 0 Å². The highest BCUT2D eigenvalue weighted by Gasteiger charge is 2.24. The molecule has 0 amide bonds. The maximum absolute atomic E-state index is 13.4. The van der Waals surface area contributed by atoms with Gasteiger partial charge in [-0.15, -0.1) is 0 Å². The average Bonchev–Trinajstić information content (AvgIpc) is 3.04. The molecule has 1 aliphatic rings. The highest BCUT2D eigenvalue weighted by molar-refractivity contribution is 5.59. The molecule has 1 N–H and O–H groups in total. The molecule has 140 valence electrons. The Balaban J connectivity index is 1.47. The average molecular weight is 367 g/mol. The number of hydrogen-bond donors (Lipinski definition) is 1. The highest BCUT2D eigenvalue weighted by atomic mass is 19.1. The van der Waals surface area contributed by atoms with Crippen LogP contribution in [0.25, 0.3) is 0 Å². The fraction of sp³-hybridized carbons (Fsp3) is 0.350. The number of hydrogen-bond acceptors (Lipinski definition) is 6. The van der Waals surface area contributed by atoms with Gasteiger partial charge in [-0.05, 0) is 18.2 Å². The predicted octanol–water partition coefficient (Wildman–Crippen LogP) is 4.03. The lowest BCUT2D eigenvalue weighted by Gasteiger charge is -2.25. The summed E-state index contributed by atoms with van der Waals surface area (Å²) in [5, 5.41) is 7.30. The molecular weight excluding hydrogens is 345 g/mol. The largest absolute Gasteiger partial charge is 0.359 e. The Morgan fingerprint density at radius 1 is 1.26 bits per heavy atom. The molecule has 27 heavy (non-hydrogen) atoms. The van der Waals surface area contributed by atoms with Gasteiger partial charge in [0.15, 0.2) is 5.82 Å². The van der Waals surface area contributed by atoms with Gasteiger partial charge in [-0.2, -0.15) is 0 Å². The summed E-state index contributed by atoms with van der Waals surface area (Å²) >= 11 is 0. The highest BCUT2D eigenvalue weighted by Crippen LogP contribution is 2.29. The van der Waals surface area contributed by atoms with E-state index in [9.17, 15) is 4.39 Å². The second kappa shape index (κ2) is 7.44. The molecule has 0 fully saturated rings. The summed E-state index contributed by atoms with van der Waals surface area (Å²) in [6.45, 7) is 6.53. The summed E-state index contributed by atoms with van der Waals surface area (Å²) in [5.41, 5.74) is 2.75. The minimum Gasteiger partial charge on any atom is -0.359 e. The van der Waals surface area contributed by atoms with Gasteiger partial charge in [0.1, 0.15) is 17.4 Å². The van der Waals surface area contributed by atoms with Crippen molar-refractivity contribution in [1.82, 2.24) is 20.0 Å². The third kappa shape index (κ3) is 3.98. The third-order valence-corrected chi connectivity index (χ3v) is 4.64. The van der Waals surface area contributed by atoms with Gasteiger partial charge in [0.05, 0.1) is 5.56 Å². The topological polar surface area (TPSA) is 67.1 Å². The fourth-order valence-corrected chi connectivity index (χ4v) is 3.20. The molecule has 0 atom stereocenters. The van der Waals surface area contributed by atoms with Crippen molar-refractivity contribution in [2.75, 3.05) is 11.9 Å². The Bertz CT molecular complexity index is 922. The third-order valence-electron chi connectivity index (χ3n) is 4.64. The van der Waals surface area contributed by atoms with Crippen LogP contribution in [-0.4, -0.2) is 26.6 Å². The van der Waals surface area contributed by atoms with E-state index in [4.69, 9.17) is 4.52 Å². The molecule has 0 unspecified atom stereocenters. The first-order valence-corrected chi connectivity index (χ1v) is 9.11. The second-order valence-corrected chi connectivity index (χ2v) is 7.13. The van der Waals surface area contributed by atoms with Crippen LogP contribution in [0.5, 0.6) is 0 Å². The Hall–Kier alpha value is -2.80. The maximum Gasteiger partial charge on any atom is 0.178 e. The van der Waals surface area contributed by atoms with Gasteiger partial charge < -0.3 is 9.84 Å². The molecule has 4 rings (SSSR count). The number of anilines is 2. The van der Waals surface area contributed by atoms with Crippen LogP contribution in [0.4, 0.5) is 15.9 Å². The van der Waals surface area contributed by atoms with Crippen molar-refractivity contribution >= 4 is 11.5 Å². The fourth-order valence-electron chi connectivity index (χ4n) is 3.20. The van der Waals surface area contributed by atoms with Crippen LogP contribution in [0.3, 0.4) is 0 Å². The lowest BCUT2D eigenvalue weighted by molar-refractivity contribution is 0.228. The van der Waals surface area contributed by atoms with Crippen LogP contribution in [0.1, 0.15) is 42.5 Å². The SMILES string of the molecule is CC(C)c1ncc(CN2CCc3onc(Nc4cccc(F)c4)c3C2)cn1. The Morgan fingerprint density at radius 3 is 2.81 bits per heavy atom. The van der Waals surface area contributed by atoms with Gasteiger partial charge in [-0.25, -0.2) is 14.4 Å². The standard InChI is InChI=1S/C20H22FN5O/c1-13(2)19-22-9-14(10-23-19)11-26-7-6-18-17(12-26)20(25-27-18)24-16-5-3-4-15(21)8-16/h3-5,8-10,13H,6-7,11-12H2,1-2H3,(H,24,25). The van der Waals surface area contributed by atoms with Crippen molar-refractivity contribution in [3.05, 3.63) is 65.2 Å². The molecule has 0 radical (unpaired) electrons. The molecule has 6 nitrogen and oxygen atoms in total. The van der Waals surface area contributed by atoms with E-state index in [-0.39, 0.29) is 5.82 Å². The summed E-state index contributed by atoms with van der Waals surface area (Å²) < 4.78 is 18.9. The summed E-state index contributed by atoms with van der Waals surface area (Å²) in [6, 6.07) is 6.32. The molecule has 3 aromatic rings. The normalized spacial score (nSPS) is 14.4. The minimum absolute atomic E-state index is 0.288. The second-order valence-electron chi connectivity index (χ2n) is 7.13. The molecule has 1 aromatic carbocycles. The number of nitrogens with zero attached hydrogens (tertiary/aromatic N) is 4. The van der Waals surface area contributed by atoms with Crippen molar-refractivity contribution in [3.63, 3.8) is 0 Å². The van der Waals surface area contributed by atoms with E-state index in [1.54, 1.807) is 12.1 Å². The van der Waals surface area contributed by atoms with E-state index in [1.165, 1.54) is 12.1 Å². The summed E-state index contributed by atoms with van der Waals surface area (Å²) in [4.78, 5) is 11.2. The molecular formula is C20H22FN5O. The van der Waals surface area contributed by atoms with Crippen molar-refractivity contribution in [2.24, 2.45) is 0 Å². The van der Waals surface area contributed by atoms with E-state index < -0.39 is 0 Å². The van der Waals surface area contributed by atoms with Crippen LogP contribution in [0.15, 0.2) is 41.2 Å². The smallest absolute Gasteiger partial charge is 0.178 e. The number of aromatic nitrogens is 3. The number of rotatable bonds is 5. The van der Waals surface area contributed by atoms with Crippen LogP contribution in [0.2, 0.25) is 0 Å². The van der Waals surface area contributed by atoms with Gasteiger partial charge in [-0.1, -0.05) is 25.1 Å². The maximum atomic E-state index is 13.4. The number of benzene rings is 1.